The highest BCUT2D eigenvalue weighted by molar-refractivity contribution is 6.33. The van der Waals surface area contributed by atoms with Crippen molar-refractivity contribution in [3.05, 3.63) is 58.1 Å². The fourth-order valence-electron chi connectivity index (χ4n) is 1.70. The van der Waals surface area contributed by atoms with Crippen LogP contribution >= 0.6 is 23.2 Å². The Morgan fingerprint density at radius 3 is 2.48 bits per heavy atom. The van der Waals surface area contributed by atoms with Gasteiger partial charge in [0.15, 0.2) is 5.75 Å². The minimum atomic E-state index is -0.556. The first-order chi connectivity index (χ1) is 9.97. The van der Waals surface area contributed by atoms with Crippen LogP contribution in [-0.4, -0.2) is 11.9 Å². The molecule has 4 nitrogen and oxygen atoms in total. The van der Waals surface area contributed by atoms with E-state index >= 15 is 0 Å². The first-order valence-electron chi connectivity index (χ1n) is 6.01. The van der Waals surface area contributed by atoms with Crippen LogP contribution in [0.15, 0.2) is 42.5 Å². The fourth-order valence-corrected chi connectivity index (χ4v) is 2.10. The standard InChI is InChI=1S/C15H11Cl2NO3/c1-9(19)21-14-12(6-3-7-13(14)17)15(20)18-11-5-2-4-10(16)8-11/h2-8H,1H3,(H,18,20). The average molecular weight is 324 g/mol. The molecule has 0 saturated heterocycles. The van der Waals surface area contributed by atoms with Crippen LogP contribution in [0.3, 0.4) is 0 Å². The Hall–Kier alpha value is -2.04. The molecule has 2 rings (SSSR count). The van der Waals surface area contributed by atoms with E-state index in [9.17, 15) is 9.59 Å². The molecule has 0 saturated carbocycles. The summed E-state index contributed by atoms with van der Waals surface area (Å²) in [5.74, 6) is -0.970. The zero-order valence-corrected chi connectivity index (χ0v) is 12.5. The predicted molar refractivity (Wildman–Crippen MR) is 82.2 cm³/mol. The van der Waals surface area contributed by atoms with Gasteiger partial charge in [0.25, 0.3) is 5.91 Å². The average Bonchev–Trinajstić information content (AvgIpc) is 2.40. The lowest BCUT2D eigenvalue weighted by atomic mass is 10.1. The molecule has 0 radical (unpaired) electrons. The summed E-state index contributed by atoms with van der Waals surface area (Å²) in [5.41, 5.74) is 0.693. The van der Waals surface area contributed by atoms with Crippen LogP contribution in [0.5, 0.6) is 5.75 Å². The predicted octanol–water partition coefficient (Wildman–Crippen LogP) is 4.17. The monoisotopic (exact) mass is 323 g/mol. The normalized spacial score (nSPS) is 10.0. The third-order valence-electron chi connectivity index (χ3n) is 2.54. The number of para-hydroxylation sites is 1. The Morgan fingerprint density at radius 2 is 1.81 bits per heavy atom. The lowest BCUT2D eigenvalue weighted by molar-refractivity contribution is -0.131. The number of carbonyl (C=O) groups excluding carboxylic acids is 2. The summed E-state index contributed by atoms with van der Waals surface area (Å²) in [4.78, 5) is 23.4. The van der Waals surface area contributed by atoms with Crippen LogP contribution in [0.1, 0.15) is 17.3 Å². The molecule has 0 aliphatic carbocycles. The number of rotatable bonds is 3. The minimum Gasteiger partial charge on any atom is -0.424 e. The Kier molecular flexibility index (Phi) is 4.83. The second-order valence-corrected chi connectivity index (χ2v) is 5.02. The number of anilines is 1. The van der Waals surface area contributed by atoms with Gasteiger partial charge < -0.3 is 10.1 Å². The number of nitrogens with one attached hydrogen (secondary N) is 1. The highest BCUT2D eigenvalue weighted by atomic mass is 35.5. The summed E-state index contributed by atoms with van der Waals surface area (Å²) in [5, 5.41) is 3.35. The molecule has 0 atom stereocenters. The van der Waals surface area contributed by atoms with Gasteiger partial charge in [-0.2, -0.15) is 0 Å². The summed E-state index contributed by atoms with van der Waals surface area (Å²) >= 11 is 11.8. The largest absolute Gasteiger partial charge is 0.424 e. The van der Waals surface area contributed by atoms with Crippen LogP contribution in [0.4, 0.5) is 5.69 Å². The Bertz CT molecular complexity index is 701. The van der Waals surface area contributed by atoms with Crippen molar-refractivity contribution in [2.45, 2.75) is 6.92 Å². The van der Waals surface area contributed by atoms with Crippen molar-refractivity contribution in [3.8, 4) is 5.75 Å². The van der Waals surface area contributed by atoms with E-state index in [0.29, 0.717) is 10.7 Å². The van der Waals surface area contributed by atoms with Gasteiger partial charge in [0, 0.05) is 17.6 Å². The lowest BCUT2D eigenvalue weighted by Gasteiger charge is -2.11. The summed E-state index contributed by atoms with van der Waals surface area (Å²) < 4.78 is 5.00. The van der Waals surface area contributed by atoms with E-state index in [-0.39, 0.29) is 16.3 Å². The van der Waals surface area contributed by atoms with E-state index in [1.807, 2.05) is 0 Å². The molecule has 2 aromatic carbocycles. The molecule has 0 unspecified atom stereocenters. The van der Waals surface area contributed by atoms with Gasteiger partial charge in [-0.1, -0.05) is 35.3 Å². The van der Waals surface area contributed by atoms with Gasteiger partial charge in [0.05, 0.1) is 10.6 Å². The van der Waals surface area contributed by atoms with Crippen LogP contribution in [0.25, 0.3) is 0 Å². The highest BCUT2D eigenvalue weighted by Gasteiger charge is 2.17. The minimum absolute atomic E-state index is 0.0335. The van der Waals surface area contributed by atoms with Gasteiger partial charge in [-0.25, -0.2) is 0 Å². The Morgan fingerprint density at radius 1 is 1.10 bits per heavy atom. The van der Waals surface area contributed by atoms with Crippen molar-refractivity contribution in [2.75, 3.05) is 5.32 Å². The van der Waals surface area contributed by atoms with Gasteiger partial charge in [-0.05, 0) is 30.3 Å². The topological polar surface area (TPSA) is 55.4 Å². The summed E-state index contributed by atoms with van der Waals surface area (Å²) in [7, 11) is 0. The molecule has 1 amide bonds. The zero-order valence-electron chi connectivity index (χ0n) is 11.0. The van der Waals surface area contributed by atoms with Crippen molar-refractivity contribution in [2.24, 2.45) is 0 Å². The fraction of sp³-hybridized carbons (Fsp3) is 0.0667. The maximum absolute atomic E-state index is 12.3. The van der Waals surface area contributed by atoms with Gasteiger partial charge in [0.1, 0.15) is 0 Å². The number of halogens is 2. The molecule has 0 spiro atoms. The molecule has 1 N–H and O–H groups in total. The number of esters is 1. The first-order valence-corrected chi connectivity index (χ1v) is 6.77. The van der Waals surface area contributed by atoms with E-state index in [0.717, 1.165) is 0 Å². The molecule has 0 fully saturated rings. The maximum Gasteiger partial charge on any atom is 0.308 e. The molecule has 0 heterocycles. The number of hydrogen-bond acceptors (Lipinski definition) is 3. The molecular formula is C15H11Cl2NO3. The van der Waals surface area contributed by atoms with E-state index in [2.05, 4.69) is 5.32 Å². The smallest absolute Gasteiger partial charge is 0.308 e. The van der Waals surface area contributed by atoms with Crippen LogP contribution < -0.4 is 10.1 Å². The first kappa shape index (κ1) is 15.4. The molecule has 0 aliphatic rings. The molecule has 108 valence electrons. The number of amides is 1. The molecule has 6 heteroatoms. The summed E-state index contributed by atoms with van der Waals surface area (Å²) in [6, 6.07) is 11.4. The van der Waals surface area contributed by atoms with Crippen molar-refractivity contribution in [3.63, 3.8) is 0 Å². The van der Waals surface area contributed by atoms with Crippen LogP contribution in [0.2, 0.25) is 10.0 Å². The third-order valence-corrected chi connectivity index (χ3v) is 3.07. The Labute approximate surface area is 131 Å². The third kappa shape index (κ3) is 3.97. The van der Waals surface area contributed by atoms with Crippen LogP contribution in [0, 0.1) is 0 Å². The molecule has 2 aromatic rings. The second-order valence-electron chi connectivity index (χ2n) is 4.17. The van der Waals surface area contributed by atoms with Crippen molar-refractivity contribution < 1.29 is 14.3 Å². The van der Waals surface area contributed by atoms with Crippen LogP contribution in [-0.2, 0) is 4.79 Å². The van der Waals surface area contributed by atoms with E-state index in [1.165, 1.54) is 19.1 Å². The van der Waals surface area contributed by atoms with Crippen molar-refractivity contribution in [1.29, 1.82) is 0 Å². The van der Waals surface area contributed by atoms with E-state index in [1.54, 1.807) is 30.3 Å². The van der Waals surface area contributed by atoms with Crippen molar-refractivity contribution in [1.82, 2.24) is 0 Å². The maximum atomic E-state index is 12.3. The second kappa shape index (κ2) is 6.61. The number of hydrogen-bond donors (Lipinski definition) is 1. The van der Waals surface area contributed by atoms with Gasteiger partial charge in [-0.15, -0.1) is 0 Å². The van der Waals surface area contributed by atoms with Gasteiger partial charge in [0.2, 0.25) is 0 Å². The number of ether oxygens (including phenoxy) is 1. The SMILES string of the molecule is CC(=O)Oc1c(Cl)cccc1C(=O)Nc1cccc(Cl)c1. The number of carbonyl (C=O) groups is 2. The molecular weight excluding hydrogens is 313 g/mol. The summed E-state index contributed by atoms with van der Waals surface area (Å²) in [6.07, 6.45) is 0. The Balaban J connectivity index is 2.31. The molecule has 21 heavy (non-hydrogen) atoms. The number of benzene rings is 2. The molecule has 0 aliphatic heterocycles. The van der Waals surface area contributed by atoms with Gasteiger partial charge >= 0.3 is 5.97 Å². The van der Waals surface area contributed by atoms with Gasteiger partial charge in [-0.3, -0.25) is 9.59 Å². The van der Waals surface area contributed by atoms with Crippen molar-refractivity contribution >= 4 is 40.8 Å². The van der Waals surface area contributed by atoms with E-state index < -0.39 is 11.9 Å². The highest BCUT2D eigenvalue weighted by Crippen LogP contribution is 2.29. The zero-order chi connectivity index (χ0) is 15.4. The van der Waals surface area contributed by atoms with E-state index in [4.69, 9.17) is 27.9 Å². The quantitative estimate of drug-likeness (QED) is 0.681. The summed E-state index contributed by atoms with van der Waals surface area (Å²) in [6.45, 7) is 1.24. The molecule has 0 aromatic heterocycles. The lowest BCUT2D eigenvalue weighted by Crippen LogP contribution is -2.15. The molecule has 0 bridgehead atoms.